The number of nitrogens with zero attached hydrogens (tertiary/aromatic N) is 2. The molecule has 0 bridgehead atoms. The number of nitrogens with one attached hydrogen (secondary N) is 1. The van der Waals surface area contributed by atoms with E-state index >= 15 is 0 Å². The van der Waals surface area contributed by atoms with Gasteiger partial charge in [-0.2, -0.15) is 0 Å². The van der Waals surface area contributed by atoms with Crippen molar-refractivity contribution in [2.45, 2.75) is 25.4 Å². The maximum absolute atomic E-state index is 13.3. The van der Waals surface area contributed by atoms with Crippen LogP contribution in [0.25, 0.3) is 0 Å². The molecule has 3 amide bonds. The van der Waals surface area contributed by atoms with Crippen LogP contribution >= 0.6 is 0 Å². The molecule has 2 fully saturated rings. The smallest absolute Gasteiger partial charge is 0.333 e. The SMILES string of the molecule is CNC(=O)N1CCN2C(=O)C(C(=O)OC)(C(=O)OC)C[C@H]2[C@@H]1c1ccccc1C. The van der Waals surface area contributed by atoms with Crippen LogP contribution in [0.2, 0.25) is 0 Å². The highest BCUT2D eigenvalue weighted by molar-refractivity contribution is 6.20. The van der Waals surface area contributed by atoms with Gasteiger partial charge in [0.25, 0.3) is 5.91 Å². The van der Waals surface area contributed by atoms with Crippen molar-refractivity contribution in [1.82, 2.24) is 15.1 Å². The van der Waals surface area contributed by atoms with Gasteiger partial charge >= 0.3 is 18.0 Å². The Morgan fingerprint density at radius 2 is 1.72 bits per heavy atom. The lowest BCUT2D eigenvalue weighted by Crippen LogP contribution is -2.57. The average molecular weight is 403 g/mol. The molecule has 2 heterocycles. The van der Waals surface area contributed by atoms with Gasteiger partial charge in [0.15, 0.2) is 0 Å². The molecular weight excluding hydrogens is 378 g/mol. The summed E-state index contributed by atoms with van der Waals surface area (Å²) in [6.45, 7) is 2.38. The molecule has 156 valence electrons. The molecule has 3 rings (SSSR count). The molecule has 0 unspecified atom stereocenters. The third kappa shape index (κ3) is 3.01. The molecule has 2 aliphatic heterocycles. The molecule has 2 saturated heterocycles. The van der Waals surface area contributed by atoms with Crippen LogP contribution < -0.4 is 5.32 Å². The third-order valence-electron chi connectivity index (χ3n) is 5.87. The van der Waals surface area contributed by atoms with Crippen molar-refractivity contribution in [3.05, 3.63) is 35.4 Å². The van der Waals surface area contributed by atoms with Crippen LogP contribution in [-0.4, -0.2) is 74.1 Å². The lowest BCUT2D eigenvalue weighted by Gasteiger charge is -2.45. The summed E-state index contributed by atoms with van der Waals surface area (Å²) in [5, 5.41) is 2.63. The molecular formula is C20H25N3O6. The van der Waals surface area contributed by atoms with Crippen molar-refractivity contribution in [1.29, 1.82) is 0 Å². The molecule has 1 N–H and O–H groups in total. The lowest BCUT2D eigenvalue weighted by atomic mass is 9.81. The Kier molecular flexibility index (Phi) is 5.50. The topological polar surface area (TPSA) is 105 Å². The number of rotatable bonds is 3. The molecule has 0 radical (unpaired) electrons. The molecule has 0 aromatic heterocycles. The zero-order valence-corrected chi connectivity index (χ0v) is 16.9. The minimum atomic E-state index is -2.06. The predicted molar refractivity (Wildman–Crippen MR) is 102 cm³/mol. The number of urea groups is 1. The van der Waals surface area contributed by atoms with Crippen molar-refractivity contribution >= 4 is 23.9 Å². The van der Waals surface area contributed by atoms with E-state index in [-0.39, 0.29) is 25.5 Å². The summed E-state index contributed by atoms with van der Waals surface area (Å²) in [6, 6.07) is 6.16. The van der Waals surface area contributed by atoms with Crippen LogP contribution in [0.5, 0.6) is 0 Å². The minimum Gasteiger partial charge on any atom is -0.468 e. The Balaban J connectivity index is 2.14. The van der Waals surface area contributed by atoms with Crippen molar-refractivity contribution < 1.29 is 28.7 Å². The van der Waals surface area contributed by atoms with Gasteiger partial charge < -0.3 is 24.6 Å². The number of carbonyl (C=O) groups excluding carboxylic acids is 4. The zero-order valence-electron chi connectivity index (χ0n) is 16.9. The van der Waals surface area contributed by atoms with Gasteiger partial charge in [-0.1, -0.05) is 24.3 Å². The first-order chi connectivity index (χ1) is 13.8. The second-order valence-corrected chi connectivity index (χ2v) is 7.21. The Morgan fingerprint density at radius 3 is 2.28 bits per heavy atom. The highest BCUT2D eigenvalue weighted by atomic mass is 16.5. The summed E-state index contributed by atoms with van der Waals surface area (Å²) in [5.74, 6) is -2.53. The molecule has 0 spiro atoms. The summed E-state index contributed by atoms with van der Waals surface area (Å²) in [5.41, 5.74) is -0.271. The monoisotopic (exact) mass is 403 g/mol. The molecule has 2 atom stereocenters. The van der Waals surface area contributed by atoms with Crippen molar-refractivity contribution in [2.24, 2.45) is 5.41 Å². The summed E-state index contributed by atoms with van der Waals surface area (Å²) < 4.78 is 9.63. The van der Waals surface area contributed by atoms with E-state index in [1.54, 1.807) is 4.90 Å². The molecule has 0 aliphatic carbocycles. The van der Waals surface area contributed by atoms with E-state index in [2.05, 4.69) is 5.32 Å². The fourth-order valence-electron chi connectivity index (χ4n) is 4.46. The van der Waals surface area contributed by atoms with Crippen LogP contribution in [0.1, 0.15) is 23.6 Å². The van der Waals surface area contributed by atoms with Crippen LogP contribution in [0.3, 0.4) is 0 Å². The number of piperazine rings is 1. The summed E-state index contributed by atoms with van der Waals surface area (Å²) in [4.78, 5) is 54.2. The van der Waals surface area contributed by atoms with Gasteiger partial charge in [-0.3, -0.25) is 14.4 Å². The first kappa shape index (κ1) is 20.6. The van der Waals surface area contributed by atoms with Gasteiger partial charge in [0.05, 0.1) is 26.3 Å². The number of hydrogen-bond donors (Lipinski definition) is 1. The Morgan fingerprint density at radius 1 is 1.10 bits per heavy atom. The standard InChI is InChI=1S/C20H25N3O6/c1-12-7-5-6-8-13(12)15-14-11-20(17(25)28-3,18(26)29-4)16(24)22(14)9-10-23(15)19(27)21-2/h5-8,14-15H,9-11H2,1-4H3,(H,21,27)/t14-,15-/m0/s1. The van der Waals surface area contributed by atoms with E-state index in [4.69, 9.17) is 9.47 Å². The van der Waals surface area contributed by atoms with Gasteiger partial charge in [0.1, 0.15) is 0 Å². The van der Waals surface area contributed by atoms with E-state index in [1.807, 2.05) is 31.2 Å². The molecule has 0 saturated carbocycles. The summed E-state index contributed by atoms with van der Waals surface area (Å²) in [6.07, 6.45) is -0.127. The largest absolute Gasteiger partial charge is 0.468 e. The van der Waals surface area contributed by atoms with E-state index in [1.165, 1.54) is 11.9 Å². The molecule has 29 heavy (non-hydrogen) atoms. The lowest BCUT2D eigenvalue weighted by molar-refractivity contribution is -0.172. The summed E-state index contributed by atoms with van der Waals surface area (Å²) >= 11 is 0. The number of amides is 3. The highest BCUT2D eigenvalue weighted by Crippen LogP contribution is 2.47. The molecule has 9 heteroatoms. The van der Waals surface area contributed by atoms with Gasteiger partial charge in [-0.15, -0.1) is 0 Å². The molecule has 1 aromatic carbocycles. The minimum absolute atomic E-state index is 0.127. The van der Waals surface area contributed by atoms with Gasteiger partial charge in [0, 0.05) is 26.6 Å². The van der Waals surface area contributed by atoms with E-state index in [0.29, 0.717) is 0 Å². The van der Waals surface area contributed by atoms with Gasteiger partial charge in [0.2, 0.25) is 5.41 Å². The Labute approximate surface area is 168 Å². The van der Waals surface area contributed by atoms with Crippen molar-refractivity contribution in [3.8, 4) is 0 Å². The van der Waals surface area contributed by atoms with Crippen LogP contribution in [0, 0.1) is 12.3 Å². The van der Waals surface area contributed by atoms with Gasteiger partial charge in [-0.25, -0.2) is 4.79 Å². The average Bonchev–Trinajstić information content (AvgIpc) is 3.05. The highest BCUT2D eigenvalue weighted by Gasteiger charge is 2.66. The van der Waals surface area contributed by atoms with Crippen LogP contribution in [0.15, 0.2) is 24.3 Å². The molecule has 2 aliphatic rings. The Bertz CT molecular complexity index is 838. The fraction of sp³-hybridized carbons (Fsp3) is 0.500. The number of methoxy groups -OCH3 is 2. The number of esters is 2. The Hall–Kier alpha value is -3.10. The second-order valence-electron chi connectivity index (χ2n) is 7.21. The maximum atomic E-state index is 13.3. The maximum Gasteiger partial charge on any atom is 0.333 e. The first-order valence-corrected chi connectivity index (χ1v) is 9.35. The predicted octanol–water partition coefficient (Wildman–Crippen LogP) is 0.624. The molecule has 9 nitrogen and oxygen atoms in total. The van der Waals surface area contributed by atoms with Crippen LogP contribution in [-0.2, 0) is 23.9 Å². The quantitative estimate of drug-likeness (QED) is 0.586. The fourth-order valence-corrected chi connectivity index (χ4v) is 4.46. The third-order valence-corrected chi connectivity index (χ3v) is 5.87. The first-order valence-electron chi connectivity index (χ1n) is 9.35. The van der Waals surface area contributed by atoms with Crippen molar-refractivity contribution in [3.63, 3.8) is 0 Å². The van der Waals surface area contributed by atoms with Crippen molar-refractivity contribution in [2.75, 3.05) is 34.4 Å². The van der Waals surface area contributed by atoms with E-state index < -0.39 is 35.3 Å². The normalized spacial score (nSPS) is 22.7. The number of hydrogen-bond acceptors (Lipinski definition) is 6. The van der Waals surface area contributed by atoms with Gasteiger partial charge in [-0.05, 0) is 18.1 Å². The summed E-state index contributed by atoms with van der Waals surface area (Å²) in [7, 11) is 3.80. The molecule has 1 aromatic rings. The second kappa shape index (κ2) is 7.73. The number of carbonyl (C=O) groups is 4. The zero-order chi connectivity index (χ0) is 21.3. The number of benzene rings is 1. The van der Waals surface area contributed by atoms with E-state index in [0.717, 1.165) is 25.3 Å². The number of ether oxygens (including phenoxy) is 2. The number of fused-ring (bicyclic) bond motifs is 1. The van der Waals surface area contributed by atoms with E-state index in [9.17, 15) is 19.2 Å². The number of aryl methyl sites for hydroxylation is 1. The van der Waals surface area contributed by atoms with Crippen LogP contribution in [0.4, 0.5) is 4.79 Å².